The Morgan fingerprint density at radius 2 is 0.707 bits per heavy atom. The summed E-state index contributed by atoms with van der Waals surface area (Å²) in [5, 5.41) is 0. The van der Waals surface area contributed by atoms with Crippen molar-refractivity contribution in [2.75, 3.05) is 130 Å². The van der Waals surface area contributed by atoms with Crippen LogP contribution >= 0.6 is 22.6 Å². The Labute approximate surface area is 258 Å². The molecule has 0 aliphatic carbocycles. The molecule has 0 atom stereocenters. The molecule has 1 aliphatic heterocycles. The van der Waals surface area contributed by atoms with E-state index in [0.29, 0.717) is 106 Å². The molecule has 0 radical (unpaired) electrons. The van der Waals surface area contributed by atoms with Gasteiger partial charge in [-0.25, -0.2) is 0 Å². The van der Waals surface area contributed by atoms with E-state index in [4.69, 9.17) is 42.6 Å². The molecule has 13 heteroatoms. The fraction of sp³-hybridized carbons (Fsp3) is 0.857. The number of carbonyl (C=O) groups is 2. The van der Waals surface area contributed by atoms with Crippen LogP contribution < -0.4 is 0 Å². The molecule has 2 amide bonds. The molecule has 0 saturated carbocycles. The van der Waals surface area contributed by atoms with Crippen LogP contribution in [0.1, 0.15) is 25.7 Å². The molecule has 0 unspecified atom stereocenters. The van der Waals surface area contributed by atoms with Crippen molar-refractivity contribution in [3.05, 3.63) is 12.2 Å². The topological polar surface area (TPSA) is 120 Å². The average molecular weight is 704 g/mol. The van der Waals surface area contributed by atoms with Crippen molar-refractivity contribution in [2.24, 2.45) is 0 Å². The van der Waals surface area contributed by atoms with Crippen molar-refractivity contribution in [2.45, 2.75) is 25.7 Å². The van der Waals surface area contributed by atoms with Crippen LogP contribution in [0.4, 0.5) is 0 Å². The number of alkyl halides is 1. The first-order valence-electron chi connectivity index (χ1n) is 14.5. The highest BCUT2D eigenvalue weighted by atomic mass is 127. The van der Waals surface area contributed by atoms with Crippen LogP contribution in [0.2, 0.25) is 0 Å². The van der Waals surface area contributed by atoms with Gasteiger partial charge in [0.1, 0.15) is 0 Å². The molecule has 0 aromatic carbocycles. The van der Waals surface area contributed by atoms with Gasteiger partial charge in [0.15, 0.2) is 0 Å². The number of nitrogens with zero attached hydrogens (tertiary/aromatic N) is 1. The van der Waals surface area contributed by atoms with Gasteiger partial charge in [0.05, 0.1) is 119 Å². The molecular formula is C28H50INO11. The number of amides is 2. The first-order valence-corrected chi connectivity index (χ1v) is 16.1. The van der Waals surface area contributed by atoms with Gasteiger partial charge in [0.25, 0.3) is 11.8 Å². The lowest BCUT2D eigenvalue weighted by molar-refractivity contribution is -0.137. The second-order valence-corrected chi connectivity index (χ2v) is 9.85. The molecule has 0 fully saturated rings. The zero-order valence-electron chi connectivity index (χ0n) is 24.4. The van der Waals surface area contributed by atoms with E-state index < -0.39 is 0 Å². The number of carbonyl (C=O) groups excluding carboxylic acids is 2. The summed E-state index contributed by atoms with van der Waals surface area (Å²) < 4.78 is 50.3. The maximum atomic E-state index is 11.4. The van der Waals surface area contributed by atoms with E-state index in [1.54, 1.807) is 0 Å². The van der Waals surface area contributed by atoms with E-state index in [1.165, 1.54) is 35.8 Å². The molecule has 0 aromatic heterocycles. The zero-order valence-corrected chi connectivity index (χ0v) is 26.6. The van der Waals surface area contributed by atoms with Crippen molar-refractivity contribution in [1.29, 1.82) is 0 Å². The summed E-state index contributed by atoms with van der Waals surface area (Å²) in [6.07, 6.45) is 7.48. The second-order valence-electron chi connectivity index (χ2n) is 8.78. The van der Waals surface area contributed by atoms with Crippen LogP contribution in [-0.2, 0) is 52.2 Å². The Balaban J connectivity index is 1.63. The lowest BCUT2D eigenvalue weighted by Crippen LogP contribution is -2.33. The first-order chi connectivity index (χ1) is 20.3. The predicted molar refractivity (Wildman–Crippen MR) is 161 cm³/mol. The Kier molecular flexibility index (Phi) is 28.7. The Morgan fingerprint density at radius 3 is 1.05 bits per heavy atom. The summed E-state index contributed by atoms with van der Waals surface area (Å²) in [6.45, 7) is 9.44. The van der Waals surface area contributed by atoms with E-state index in [9.17, 15) is 9.59 Å². The van der Waals surface area contributed by atoms with Crippen LogP contribution in [-0.4, -0.2) is 147 Å². The molecule has 1 heterocycles. The minimum Gasteiger partial charge on any atom is -0.379 e. The number of imide groups is 1. The second kappa shape index (κ2) is 30.7. The van der Waals surface area contributed by atoms with Crippen molar-refractivity contribution in [3.63, 3.8) is 0 Å². The molecular weight excluding hydrogens is 653 g/mol. The normalized spacial score (nSPS) is 13.2. The monoisotopic (exact) mass is 703 g/mol. The molecule has 41 heavy (non-hydrogen) atoms. The van der Waals surface area contributed by atoms with Crippen molar-refractivity contribution >= 4 is 34.4 Å². The van der Waals surface area contributed by atoms with Gasteiger partial charge in [0.2, 0.25) is 0 Å². The first kappa shape index (κ1) is 38.3. The number of unbranched alkanes of at least 4 members (excludes halogenated alkanes) is 3. The fourth-order valence-corrected chi connectivity index (χ4v) is 3.86. The minimum atomic E-state index is -0.302. The minimum absolute atomic E-state index is 0.245. The van der Waals surface area contributed by atoms with Crippen molar-refractivity contribution in [3.8, 4) is 0 Å². The number of halogens is 1. The molecule has 1 aliphatic rings. The summed E-state index contributed by atoms with van der Waals surface area (Å²) in [5.74, 6) is -0.604. The highest BCUT2D eigenvalue weighted by Gasteiger charge is 2.22. The van der Waals surface area contributed by atoms with Crippen LogP contribution in [0.25, 0.3) is 0 Å². The van der Waals surface area contributed by atoms with Gasteiger partial charge < -0.3 is 42.6 Å². The summed E-state index contributed by atoms with van der Waals surface area (Å²) in [4.78, 5) is 23.9. The van der Waals surface area contributed by atoms with E-state index in [1.807, 2.05) is 0 Å². The Bertz CT molecular complexity index is 624. The third kappa shape index (κ3) is 25.5. The third-order valence-corrected chi connectivity index (χ3v) is 6.27. The Morgan fingerprint density at radius 1 is 0.415 bits per heavy atom. The number of rotatable bonds is 33. The summed E-state index contributed by atoms with van der Waals surface area (Å²) in [5.41, 5.74) is 0. The zero-order chi connectivity index (χ0) is 29.5. The molecule has 0 spiro atoms. The smallest absolute Gasteiger partial charge is 0.253 e. The van der Waals surface area contributed by atoms with E-state index >= 15 is 0 Å². The standard InChI is InChI=1S/C28H50INO11/c29-7-3-1-2-4-9-33-11-13-35-15-17-37-19-21-39-23-25-41-26-24-40-22-20-38-18-16-36-14-12-34-10-8-30-27(31)5-6-28(30)32/h5-6H,1-4,7-26H2. The predicted octanol–water partition coefficient (Wildman–Crippen LogP) is 2.06. The lowest BCUT2D eigenvalue weighted by Gasteiger charge is -2.13. The average Bonchev–Trinajstić information content (AvgIpc) is 3.30. The molecule has 0 bridgehead atoms. The number of hydrogen-bond donors (Lipinski definition) is 0. The molecule has 12 nitrogen and oxygen atoms in total. The van der Waals surface area contributed by atoms with Crippen LogP contribution in [0, 0.1) is 0 Å². The van der Waals surface area contributed by atoms with Gasteiger partial charge >= 0.3 is 0 Å². The molecule has 0 N–H and O–H groups in total. The van der Waals surface area contributed by atoms with Gasteiger partial charge in [-0.2, -0.15) is 0 Å². The summed E-state index contributed by atoms with van der Waals surface area (Å²) in [6, 6.07) is 0. The van der Waals surface area contributed by atoms with Gasteiger partial charge in [0, 0.05) is 18.8 Å². The number of ether oxygens (including phenoxy) is 9. The van der Waals surface area contributed by atoms with Crippen LogP contribution in [0.5, 0.6) is 0 Å². The summed E-state index contributed by atoms with van der Waals surface area (Å²) >= 11 is 2.41. The maximum absolute atomic E-state index is 11.4. The maximum Gasteiger partial charge on any atom is 0.253 e. The van der Waals surface area contributed by atoms with E-state index in [2.05, 4.69) is 22.6 Å². The highest BCUT2D eigenvalue weighted by molar-refractivity contribution is 14.1. The van der Waals surface area contributed by atoms with E-state index in [-0.39, 0.29) is 25.0 Å². The van der Waals surface area contributed by atoms with Gasteiger partial charge in [-0.05, 0) is 17.3 Å². The fourth-order valence-electron chi connectivity index (χ4n) is 3.32. The third-order valence-electron chi connectivity index (χ3n) is 5.51. The Hall–Kier alpha value is -0.750. The molecule has 240 valence electrons. The van der Waals surface area contributed by atoms with Gasteiger partial charge in [-0.3, -0.25) is 14.5 Å². The number of hydrogen-bond acceptors (Lipinski definition) is 11. The lowest BCUT2D eigenvalue weighted by atomic mass is 10.2. The van der Waals surface area contributed by atoms with Crippen LogP contribution in [0.15, 0.2) is 12.2 Å². The largest absolute Gasteiger partial charge is 0.379 e. The molecule has 0 saturated heterocycles. The van der Waals surface area contributed by atoms with Crippen LogP contribution in [0.3, 0.4) is 0 Å². The van der Waals surface area contributed by atoms with Crippen molar-refractivity contribution in [1.82, 2.24) is 4.90 Å². The molecule has 1 rings (SSSR count). The van der Waals surface area contributed by atoms with Gasteiger partial charge in [-0.1, -0.05) is 35.4 Å². The molecule has 0 aromatic rings. The van der Waals surface area contributed by atoms with E-state index in [0.717, 1.165) is 17.9 Å². The summed E-state index contributed by atoms with van der Waals surface area (Å²) in [7, 11) is 0. The van der Waals surface area contributed by atoms with Crippen molar-refractivity contribution < 1.29 is 52.2 Å². The van der Waals surface area contributed by atoms with Gasteiger partial charge in [-0.15, -0.1) is 0 Å². The SMILES string of the molecule is O=C1C=CC(=O)N1CCOCCOCCOCCOCCOCCOCCOCCOCCOCCCCCCI. The quantitative estimate of drug-likeness (QED) is 0.0433. The highest BCUT2D eigenvalue weighted by Crippen LogP contribution is 2.03.